The Kier molecular flexibility index (Phi) is 2.16. The van der Waals surface area contributed by atoms with Crippen molar-refractivity contribution >= 4 is 11.8 Å². The van der Waals surface area contributed by atoms with Crippen molar-refractivity contribution in [2.75, 3.05) is 0 Å². The third-order valence-corrected chi connectivity index (χ3v) is 5.01. The summed E-state index contributed by atoms with van der Waals surface area (Å²) in [6, 6.07) is 5.53. The van der Waals surface area contributed by atoms with Gasteiger partial charge in [0.1, 0.15) is 0 Å². The maximum absolute atomic E-state index is 11.9. The summed E-state index contributed by atoms with van der Waals surface area (Å²) < 4.78 is 0. The van der Waals surface area contributed by atoms with Crippen molar-refractivity contribution in [1.82, 2.24) is 5.32 Å². The quantitative estimate of drug-likeness (QED) is 0.748. The standard InChI is InChI=1S/C15H15NO3/c17-12-6-7-4-8(12)5-11(7)9-2-1-3-10-13(9)15(19)16-14(10)18/h1-3,7-8,11-12,17H,4-6H2,(H,16,18,19). The second kappa shape index (κ2) is 3.67. The highest BCUT2D eigenvalue weighted by molar-refractivity contribution is 6.22. The largest absolute Gasteiger partial charge is 0.393 e. The van der Waals surface area contributed by atoms with E-state index in [1.165, 1.54) is 0 Å². The van der Waals surface area contributed by atoms with Gasteiger partial charge in [0.25, 0.3) is 11.8 Å². The first kappa shape index (κ1) is 11.2. The van der Waals surface area contributed by atoms with Crippen LogP contribution in [0.4, 0.5) is 0 Å². The number of imide groups is 1. The zero-order valence-corrected chi connectivity index (χ0v) is 10.4. The molecule has 1 aromatic rings. The Balaban J connectivity index is 1.78. The van der Waals surface area contributed by atoms with Gasteiger partial charge < -0.3 is 5.11 Å². The fourth-order valence-electron chi connectivity index (χ4n) is 4.18. The second-order valence-electron chi connectivity index (χ2n) is 5.95. The van der Waals surface area contributed by atoms with E-state index in [-0.39, 0.29) is 17.9 Å². The molecule has 0 saturated heterocycles. The molecule has 0 aromatic heterocycles. The maximum atomic E-state index is 11.9. The van der Waals surface area contributed by atoms with Crippen molar-refractivity contribution in [2.24, 2.45) is 11.8 Å². The van der Waals surface area contributed by atoms with Gasteiger partial charge in [-0.25, -0.2) is 0 Å². The van der Waals surface area contributed by atoms with Gasteiger partial charge in [0.05, 0.1) is 17.2 Å². The molecule has 0 spiro atoms. The Hall–Kier alpha value is -1.68. The van der Waals surface area contributed by atoms with E-state index in [0.717, 1.165) is 24.8 Å². The Morgan fingerprint density at radius 3 is 2.58 bits per heavy atom. The average molecular weight is 257 g/mol. The number of aliphatic hydroxyl groups is 1. The maximum Gasteiger partial charge on any atom is 0.259 e. The molecule has 2 bridgehead atoms. The number of rotatable bonds is 1. The lowest BCUT2D eigenvalue weighted by atomic mass is 9.80. The number of amides is 2. The van der Waals surface area contributed by atoms with E-state index in [4.69, 9.17) is 0 Å². The molecule has 4 atom stereocenters. The van der Waals surface area contributed by atoms with Gasteiger partial charge in [-0.2, -0.15) is 0 Å². The van der Waals surface area contributed by atoms with E-state index in [0.29, 0.717) is 28.9 Å². The van der Waals surface area contributed by atoms with Crippen LogP contribution < -0.4 is 5.32 Å². The molecular formula is C15H15NO3. The summed E-state index contributed by atoms with van der Waals surface area (Å²) >= 11 is 0. The lowest BCUT2D eigenvalue weighted by Gasteiger charge is -2.26. The van der Waals surface area contributed by atoms with Crippen LogP contribution in [-0.2, 0) is 0 Å². The van der Waals surface area contributed by atoms with Crippen molar-refractivity contribution in [3.8, 4) is 0 Å². The molecule has 2 saturated carbocycles. The number of hydrogen-bond donors (Lipinski definition) is 2. The molecule has 2 N–H and O–H groups in total. The van der Waals surface area contributed by atoms with Gasteiger partial charge in [-0.05, 0) is 48.6 Å². The highest BCUT2D eigenvalue weighted by Gasteiger charge is 2.47. The van der Waals surface area contributed by atoms with Gasteiger partial charge in [0.15, 0.2) is 0 Å². The Labute approximate surface area is 110 Å². The molecule has 4 nitrogen and oxygen atoms in total. The molecule has 98 valence electrons. The topological polar surface area (TPSA) is 66.4 Å². The van der Waals surface area contributed by atoms with Crippen LogP contribution in [0.15, 0.2) is 18.2 Å². The van der Waals surface area contributed by atoms with E-state index < -0.39 is 0 Å². The predicted molar refractivity (Wildman–Crippen MR) is 67.8 cm³/mol. The van der Waals surface area contributed by atoms with E-state index in [2.05, 4.69) is 5.32 Å². The minimum atomic E-state index is -0.287. The van der Waals surface area contributed by atoms with E-state index in [1.54, 1.807) is 6.07 Å². The molecule has 19 heavy (non-hydrogen) atoms. The number of nitrogens with one attached hydrogen (secondary N) is 1. The van der Waals surface area contributed by atoms with Gasteiger partial charge >= 0.3 is 0 Å². The Morgan fingerprint density at radius 2 is 1.89 bits per heavy atom. The first-order valence-corrected chi connectivity index (χ1v) is 6.82. The average Bonchev–Trinajstić information content (AvgIpc) is 3.03. The minimum absolute atomic E-state index is 0.173. The molecule has 3 aliphatic rings. The molecule has 1 aromatic carbocycles. The number of hydrogen-bond acceptors (Lipinski definition) is 3. The molecule has 4 unspecified atom stereocenters. The Bertz CT molecular complexity index is 593. The normalized spacial score (nSPS) is 35.6. The van der Waals surface area contributed by atoms with Gasteiger partial charge in [-0.1, -0.05) is 12.1 Å². The molecular weight excluding hydrogens is 242 g/mol. The number of benzene rings is 1. The molecule has 4 heteroatoms. The van der Waals surface area contributed by atoms with E-state index >= 15 is 0 Å². The molecule has 2 fully saturated rings. The zero-order chi connectivity index (χ0) is 13.1. The minimum Gasteiger partial charge on any atom is -0.393 e. The summed E-state index contributed by atoms with van der Waals surface area (Å²) in [4.78, 5) is 23.6. The van der Waals surface area contributed by atoms with Crippen molar-refractivity contribution in [2.45, 2.75) is 31.3 Å². The number of carbonyl (C=O) groups excluding carboxylic acids is 2. The molecule has 2 amide bonds. The van der Waals surface area contributed by atoms with E-state index in [1.807, 2.05) is 12.1 Å². The molecule has 1 aliphatic heterocycles. The van der Waals surface area contributed by atoms with Crippen molar-refractivity contribution < 1.29 is 14.7 Å². The molecule has 0 radical (unpaired) electrons. The number of carbonyl (C=O) groups is 2. The smallest absolute Gasteiger partial charge is 0.259 e. The van der Waals surface area contributed by atoms with Gasteiger partial charge in [0, 0.05) is 0 Å². The predicted octanol–water partition coefficient (Wildman–Crippen LogP) is 1.44. The summed E-state index contributed by atoms with van der Waals surface area (Å²) in [7, 11) is 0. The number of aliphatic hydroxyl groups excluding tert-OH is 1. The Morgan fingerprint density at radius 1 is 1.05 bits per heavy atom. The lowest BCUT2D eigenvalue weighted by molar-refractivity contribution is 0.0879. The highest BCUT2D eigenvalue weighted by Crippen LogP contribution is 2.53. The van der Waals surface area contributed by atoms with Crippen LogP contribution in [0.5, 0.6) is 0 Å². The fourth-order valence-corrected chi connectivity index (χ4v) is 4.18. The third-order valence-electron chi connectivity index (χ3n) is 5.01. The lowest BCUT2D eigenvalue weighted by Crippen LogP contribution is -2.23. The second-order valence-corrected chi connectivity index (χ2v) is 5.95. The summed E-state index contributed by atoms with van der Waals surface area (Å²) in [6.45, 7) is 0. The van der Waals surface area contributed by atoms with Crippen LogP contribution >= 0.6 is 0 Å². The van der Waals surface area contributed by atoms with Gasteiger partial charge in [-0.15, -0.1) is 0 Å². The summed E-state index contributed by atoms with van der Waals surface area (Å²) in [5.41, 5.74) is 2.07. The molecule has 2 aliphatic carbocycles. The summed E-state index contributed by atoms with van der Waals surface area (Å²) in [6.07, 6.45) is 2.64. The monoisotopic (exact) mass is 257 g/mol. The zero-order valence-electron chi connectivity index (χ0n) is 10.4. The van der Waals surface area contributed by atoms with Gasteiger partial charge in [-0.3, -0.25) is 14.9 Å². The summed E-state index contributed by atoms with van der Waals surface area (Å²) in [5, 5.41) is 12.2. The van der Waals surface area contributed by atoms with Crippen LogP contribution in [-0.4, -0.2) is 23.0 Å². The first-order valence-electron chi connectivity index (χ1n) is 6.82. The van der Waals surface area contributed by atoms with Crippen LogP contribution in [0.1, 0.15) is 51.5 Å². The number of fused-ring (bicyclic) bond motifs is 3. The fraction of sp³-hybridized carbons (Fsp3) is 0.467. The van der Waals surface area contributed by atoms with E-state index in [9.17, 15) is 14.7 Å². The van der Waals surface area contributed by atoms with Crippen LogP contribution in [0.25, 0.3) is 0 Å². The summed E-state index contributed by atoms with van der Waals surface area (Å²) in [5.74, 6) is 0.588. The van der Waals surface area contributed by atoms with Crippen LogP contribution in [0.2, 0.25) is 0 Å². The molecule has 4 rings (SSSR count). The third kappa shape index (κ3) is 1.43. The van der Waals surface area contributed by atoms with Crippen molar-refractivity contribution in [3.63, 3.8) is 0 Å². The van der Waals surface area contributed by atoms with Crippen LogP contribution in [0, 0.1) is 11.8 Å². The SMILES string of the molecule is O=C1NC(=O)c2c1cccc2C1CC2CC1CC2O. The van der Waals surface area contributed by atoms with Crippen molar-refractivity contribution in [3.05, 3.63) is 34.9 Å². The first-order chi connectivity index (χ1) is 9.15. The van der Waals surface area contributed by atoms with Gasteiger partial charge in [0.2, 0.25) is 0 Å². The van der Waals surface area contributed by atoms with Crippen molar-refractivity contribution in [1.29, 1.82) is 0 Å². The van der Waals surface area contributed by atoms with Crippen LogP contribution in [0.3, 0.4) is 0 Å². The highest BCUT2D eigenvalue weighted by atomic mass is 16.3. The molecule has 1 heterocycles.